The smallest absolute Gasteiger partial charge is 0.244 e. The van der Waals surface area contributed by atoms with Crippen molar-refractivity contribution in [2.75, 3.05) is 12.3 Å². The SMILES string of the molecule is CC(C)S(=O)(=O)n1c(N)nc2ccc(-c3nc(-c4cccc(OCCC5=CC=CNC=C5)c4)[nH]c3-c3ccccc3)cc21. The second-order valence-electron chi connectivity index (χ2n) is 10.4. The van der Waals surface area contributed by atoms with Crippen LogP contribution in [-0.4, -0.2) is 39.2 Å². The van der Waals surface area contributed by atoms with Crippen LogP contribution in [0.15, 0.2) is 109 Å². The molecular formula is C33H32N6O3S. The maximum atomic E-state index is 13.2. The number of imidazole rings is 2. The molecule has 1 aliphatic rings. The summed E-state index contributed by atoms with van der Waals surface area (Å²) in [5, 5.41) is 2.39. The molecule has 43 heavy (non-hydrogen) atoms. The average Bonchev–Trinajstić information content (AvgIpc) is 3.49. The topological polar surface area (TPSA) is 128 Å². The molecular weight excluding hydrogens is 560 g/mol. The van der Waals surface area contributed by atoms with E-state index in [4.69, 9.17) is 15.5 Å². The minimum Gasteiger partial charge on any atom is -0.493 e. The van der Waals surface area contributed by atoms with E-state index in [9.17, 15) is 8.42 Å². The van der Waals surface area contributed by atoms with E-state index in [0.717, 1.165) is 38.5 Å². The van der Waals surface area contributed by atoms with Crippen molar-refractivity contribution < 1.29 is 13.2 Å². The Kier molecular flexibility index (Phi) is 7.60. The molecule has 0 amide bonds. The van der Waals surface area contributed by atoms with Gasteiger partial charge in [-0.1, -0.05) is 54.6 Å². The maximum Gasteiger partial charge on any atom is 0.244 e. The number of nitrogens with zero attached hydrogens (tertiary/aromatic N) is 3. The summed E-state index contributed by atoms with van der Waals surface area (Å²) in [5.74, 6) is 1.33. The number of nitrogen functional groups attached to an aromatic ring is 1. The molecule has 9 nitrogen and oxygen atoms in total. The van der Waals surface area contributed by atoms with Crippen LogP contribution in [-0.2, 0) is 10.0 Å². The summed E-state index contributed by atoms with van der Waals surface area (Å²) < 4.78 is 33.5. The molecule has 1 aliphatic heterocycles. The summed E-state index contributed by atoms with van der Waals surface area (Å²) in [7, 11) is -3.74. The standard InChI is InChI=1S/C33H32N6O3S/c1-22(2)43(40,41)39-29-21-25(13-14-28(29)36-33(39)34)31-30(24-9-4-3-5-10-24)37-32(38-31)26-11-6-12-27(20-26)42-19-16-23-8-7-17-35-18-15-23/h3-15,17-18,20-22,35H,16,19H2,1-2H3,(H2,34,36)(H,37,38). The van der Waals surface area contributed by atoms with Crippen LogP contribution in [0.1, 0.15) is 20.3 Å². The van der Waals surface area contributed by atoms with Crippen LogP contribution < -0.4 is 15.8 Å². The van der Waals surface area contributed by atoms with Crippen LogP contribution in [0, 0.1) is 0 Å². The van der Waals surface area contributed by atoms with Gasteiger partial charge in [0.15, 0.2) is 0 Å². The first-order valence-electron chi connectivity index (χ1n) is 14.0. The van der Waals surface area contributed by atoms with Crippen molar-refractivity contribution in [3.8, 4) is 39.7 Å². The van der Waals surface area contributed by atoms with E-state index in [-0.39, 0.29) is 5.95 Å². The van der Waals surface area contributed by atoms with Crippen LogP contribution in [0.2, 0.25) is 0 Å². The van der Waals surface area contributed by atoms with Gasteiger partial charge in [-0.15, -0.1) is 0 Å². The van der Waals surface area contributed by atoms with Crippen molar-refractivity contribution in [3.05, 3.63) is 109 Å². The Morgan fingerprint density at radius 2 is 1.74 bits per heavy atom. The second kappa shape index (κ2) is 11.7. The Labute approximate surface area is 250 Å². The zero-order valence-corrected chi connectivity index (χ0v) is 24.7. The normalized spacial score (nSPS) is 13.2. The molecule has 218 valence electrons. The molecule has 0 atom stereocenters. The fourth-order valence-electron chi connectivity index (χ4n) is 4.91. The second-order valence-corrected chi connectivity index (χ2v) is 12.8. The monoisotopic (exact) mass is 592 g/mol. The lowest BCUT2D eigenvalue weighted by Crippen LogP contribution is -2.23. The predicted molar refractivity (Wildman–Crippen MR) is 172 cm³/mol. The minimum absolute atomic E-state index is 0.0665. The van der Waals surface area contributed by atoms with E-state index in [0.29, 0.717) is 29.2 Å². The average molecular weight is 593 g/mol. The number of nitrogens with two attached hydrogens (primary N) is 1. The molecule has 0 spiro atoms. The first-order chi connectivity index (χ1) is 20.8. The predicted octanol–water partition coefficient (Wildman–Crippen LogP) is 6.25. The summed E-state index contributed by atoms with van der Waals surface area (Å²) in [6.45, 7) is 3.77. The summed E-state index contributed by atoms with van der Waals surface area (Å²) in [4.78, 5) is 12.8. The largest absolute Gasteiger partial charge is 0.493 e. The molecule has 4 N–H and O–H groups in total. The van der Waals surface area contributed by atoms with Crippen molar-refractivity contribution in [3.63, 3.8) is 0 Å². The highest BCUT2D eigenvalue weighted by Gasteiger charge is 2.25. The van der Waals surface area contributed by atoms with Crippen molar-refractivity contribution >= 4 is 27.0 Å². The van der Waals surface area contributed by atoms with E-state index in [2.05, 4.69) is 21.4 Å². The third-order valence-electron chi connectivity index (χ3n) is 7.19. The van der Waals surface area contributed by atoms with Gasteiger partial charge >= 0.3 is 0 Å². The number of anilines is 1. The highest BCUT2D eigenvalue weighted by molar-refractivity contribution is 7.90. The molecule has 0 unspecified atom stereocenters. The van der Waals surface area contributed by atoms with Crippen LogP contribution in [0.25, 0.3) is 44.9 Å². The lowest BCUT2D eigenvalue weighted by molar-refractivity contribution is 0.323. The zero-order valence-electron chi connectivity index (χ0n) is 23.9. The van der Waals surface area contributed by atoms with E-state index in [1.165, 1.54) is 5.57 Å². The Morgan fingerprint density at radius 3 is 2.56 bits per heavy atom. The number of aromatic amines is 1. The number of hydrogen-bond donors (Lipinski definition) is 3. The van der Waals surface area contributed by atoms with Gasteiger partial charge in [0.25, 0.3) is 0 Å². The molecule has 0 saturated heterocycles. The summed E-state index contributed by atoms with van der Waals surface area (Å²) in [5.41, 5.74) is 12.2. The van der Waals surface area contributed by atoms with E-state index < -0.39 is 15.3 Å². The van der Waals surface area contributed by atoms with Crippen LogP contribution in [0.3, 0.4) is 0 Å². The Hall–Kier alpha value is -5.09. The first-order valence-corrected chi connectivity index (χ1v) is 15.5. The Balaban J connectivity index is 1.38. The van der Waals surface area contributed by atoms with E-state index >= 15 is 0 Å². The number of rotatable bonds is 9. The van der Waals surface area contributed by atoms with Gasteiger partial charge < -0.3 is 20.8 Å². The van der Waals surface area contributed by atoms with Gasteiger partial charge in [-0.3, -0.25) is 0 Å². The fourth-order valence-corrected chi connectivity index (χ4v) is 6.05. The number of ether oxygens (including phenoxy) is 1. The lowest BCUT2D eigenvalue weighted by atomic mass is 10.0. The summed E-state index contributed by atoms with van der Waals surface area (Å²) >= 11 is 0. The van der Waals surface area contributed by atoms with Crippen molar-refractivity contribution in [2.24, 2.45) is 0 Å². The molecule has 3 aromatic carbocycles. The van der Waals surface area contributed by atoms with Crippen LogP contribution >= 0.6 is 0 Å². The molecule has 0 fully saturated rings. The number of H-pyrrole nitrogens is 1. The number of hydrogen-bond acceptors (Lipinski definition) is 7. The van der Waals surface area contributed by atoms with Gasteiger partial charge in [-0.25, -0.2) is 22.4 Å². The quantitative estimate of drug-likeness (QED) is 0.184. The van der Waals surface area contributed by atoms with Gasteiger partial charge in [-0.05, 0) is 55.8 Å². The first kappa shape index (κ1) is 28.0. The van der Waals surface area contributed by atoms with Gasteiger partial charge in [0.05, 0.1) is 34.3 Å². The summed E-state index contributed by atoms with van der Waals surface area (Å²) in [6, 6.07) is 23.2. The molecule has 10 heteroatoms. The molecule has 0 radical (unpaired) electrons. The Morgan fingerprint density at radius 1 is 0.930 bits per heavy atom. The Bertz CT molecular complexity index is 1990. The highest BCUT2D eigenvalue weighted by Crippen LogP contribution is 2.36. The molecule has 2 aromatic heterocycles. The van der Waals surface area contributed by atoms with Crippen molar-refractivity contribution in [2.45, 2.75) is 25.5 Å². The molecule has 0 saturated carbocycles. The van der Waals surface area contributed by atoms with Gasteiger partial charge in [-0.2, -0.15) is 0 Å². The van der Waals surface area contributed by atoms with Gasteiger partial charge in [0.2, 0.25) is 16.0 Å². The number of fused-ring (bicyclic) bond motifs is 1. The van der Waals surface area contributed by atoms with Gasteiger partial charge in [0.1, 0.15) is 11.6 Å². The number of aromatic nitrogens is 4. The lowest BCUT2D eigenvalue weighted by Gasteiger charge is -2.11. The van der Waals surface area contributed by atoms with E-state index in [1.807, 2.05) is 85.2 Å². The summed E-state index contributed by atoms with van der Waals surface area (Å²) in [6.07, 6.45) is 10.6. The van der Waals surface area contributed by atoms with Crippen LogP contribution in [0.5, 0.6) is 5.75 Å². The molecule has 0 aliphatic carbocycles. The fraction of sp³-hybridized carbons (Fsp3) is 0.152. The molecule has 6 rings (SSSR count). The third-order valence-corrected chi connectivity index (χ3v) is 9.27. The van der Waals surface area contributed by atoms with Crippen molar-refractivity contribution in [1.29, 1.82) is 0 Å². The number of benzene rings is 3. The zero-order chi connectivity index (χ0) is 30.0. The molecule has 3 heterocycles. The van der Waals surface area contributed by atoms with E-state index in [1.54, 1.807) is 26.0 Å². The number of allylic oxidation sites excluding steroid dienone is 3. The van der Waals surface area contributed by atoms with Crippen molar-refractivity contribution in [1.82, 2.24) is 24.2 Å². The molecule has 0 bridgehead atoms. The molecule has 5 aromatic rings. The van der Waals surface area contributed by atoms with Gasteiger partial charge in [0, 0.05) is 35.5 Å². The minimum atomic E-state index is -3.74. The highest BCUT2D eigenvalue weighted by atomic mass is 32.2. The number of nitrogens with one attached hydrogen (secondary N) is 2. The van der Waals surface area contributed by atoms with Crippen LogP contribution in [0.4, 0.5) is 5.95 Å². The third kappa shape index (κ3) is 5.69. The maximum absolute atomic E-state index is 13.2.